The van der Waals surface area contributed by atoms with Gasteiger partial charge in [-0.15, -0.1) is 0 Å². The van der Waals surface area contributed by atoms with E-state index in [1.807, 2.05) is 54.4 Å². The molecule has 0 unspecified atom stereocenters. The van der Waals surface area contributed by atoms with Gasteiger partial charge in [-0.2, -0.15) is 0 Å². The van der Waals surface area contributed by atoms with Gasteiger partial charge in [0.2, 0.25) is 0 Å². The van der Waals surface area contributed by atoms with E-state index >= 15 is 0 Å². The van der Waals surface area contributed by atoms with Crippen molar-refractivity contribution in [1.82, 2.24) is 0 Å². The lowest BCUT2D eigenvalue weighted by molar-refractivity contribution is 0.415. The van der Waals surface area contributed by atoms with E-state index in [-0.39, 0.29) is 0 Å². The molecule has 94 valence electrons. The summed E-state index contributed by atoms with van der Waals surface area (Å²) in [6.45, 7) is 0. The molecule has 0 atom stereocenters. The molecule has 0 heterocycles. The summed E-state index contributed by atoms with van der Waals surface area (Å²) in [5.41, 5.74) is 8.50. The van der Waals surface area contributed by atoms with Crippen molar-refractivity contribution in [2.75, 3.05) is 24.8 Å². The number of nitrogens with two attached hydrogens (primary N) is 1. The van der Waals surface area contributed by atoms with Gasteiger partial charge in [0, 0.05) is 24.1 Å². The number of benzene rings is 2. The number of hydrogen-bond acceptors (Lipinski definition) is 3. The SMILES string of the molecule is COc1ccc(N(C)c2cccc(N)c2)cc1Cl. The third kappa shape index (κ3) is 2.51. The minimum atomic E-state index is 0.589. The first kappa shape index (κ1) is 12.6. The minimum absolute atomic E-state index is 0.589. The normalized spacial score (nSPS) is 10.2. The van der Waals surface area contributed by atoms with Gasteiger partial charge in [-0.25, -0.2) is 0 Å². The molecule has 0 aromatic heterocycles. The summed E-state index contributed by atoms with van der Waals surface area (Å²) < 4.78 is 5.13. The van der Waals surface area contributed by atoms with Gasteiger partial charge < -0.3 is 15.4 Å². The third-order valence-corrected chi connectivity index (χ3v) is 3.08. The standard InChI is InChI=1S/C14H15ClN2O/c1-17(11-5-3-4-10(16)8-11)12-6-7-14(18-2)13(15)9-12/h3-9H,16H2,1-2H3. The Labute approximate surface area is 112 Å². The highest BCUT2D eigenvalue weighted by molar-refractivity contribution is 6.32. The van der Waals surface area contributed by atoms with Gasteiger partial charge in [0.25, 0.3) is 0 Å². The van der Waals surface area contributed by atoms with E-state index in [1.165, 1.54) is 0 Å². The molecule has 0 aliphatic rings. The highest BCUT2D eigenvalue weighted by Crippen LogP contribution is 2.32. The number of ether oxygens (including phenoxy) is 1. The fourth-order valence-electron chi connectivity index (χ4n) is 1.75. The zero-order valence-corrected chi connectivity index (χ0v) is 11.1. The molecule has 0 saturated heterocycles. The first-order chi connectivity index (χ1) is 8.61. The number of hydrogen-bond donors (Lipinski definition) is 1. The summed E-state index contributed by atoms with van der Waals surface area (Å²) >= 11 is 6.12. The van der Waals surface area contributed by atoms with Crippen LogP contribution < -0.4 is 15.4 Å². The average Bonchev–Trinajstić information content (AvgIpc) is 2.37. The molecule has 0 amide bonds. The summed E-state index contributed by atoms with van der Waals surface area (Å²) in [7, 11) is 3.56. The summed E-state index contributed by atoms with van der Waals surface area (Å²) in [5.74, 6) is 0.668. The molecule has 3 nitrogen and oxygen atoms in total. The van der Waals surface area contributed by atoms with Gasteiger partial charge in [-0.3, -0.25) is 0 Å². The lowest BCUT2D eigenvalue weighted by atomic mass is 10.2. The highest BCUT2D eigenvalue weighted by atomic mass is 35.5. The second kappa shape index (κ2) is 5.19. The molecule has 0 aliphatic heterocycles. The number of nitrogen functional groups attached to an aromatic ring is 1. The van der Waals surface area contributed by atoms with Crippen LogP contribution in [0.1, 0.15) is 0 Å². The molecule has 4 heteroatoms. The van der Waals surface area contributed by atoms with Crippen molar-refractivity contribution in [2.45, 2.75) is 0 Å². The largest absolute Gasteiger partial charge is 0.495 e. The third-order valence-electron chi connectivity index (χ3n) is 2.78. The molecule has 2 aromatic carbocycles. The van der Waals surface area contributed by atoms with Crippen LogP contribution in [0.5, 0.6) is 5.75 Å². The fraction of sp³-hybridized carbons (Fsp3) is 0.143. The number of rotatable bonds is 3. The molecule has 18 heavy (non-hydrogen) atoms. The van der Waals surface area contributed by atoms with Crippen LogP contribution in [0.2, 0.25) is 5.02 Å². The Kier molecular flexibility index (Phi) is 3.63. The molecule has 0 spiro atoms. The Bertz CT molecular complexity index is 557. The number of anilines is 3. The van der Waals surface area contributed by atoms with Crippen LogP contribution in [-0.2, 0) is 0 Å². The Morgan fingerprint density at radius 3 is 2.44 bits per heavy atom. The van der Waals surface area contributed by atoms with Crippen molar-refractivity contribution in [2.24, 2.45) is 0 Å². The highest BCUT2D eigenvalue weighted by Gasteiger charge is 2.07. The summed E-state index contributed by atoms with van der Waals surface area (Å²) in [6.07, 6.45) is 0. The molecule has 0 radical (unpaired) electrons. The van der Waals surface area contributed by atoms with Crippen LogP contribution in [-0.4, -0.2) is 14.2 Å². The van der Waals surface area contributed by atoms with Crippen molar-refractivity contribution in [3.05, 3.63) is 47.5 Å². The van der Waals surface area contributed by atoms with Crippen LogP contribution in [0.25, 0.3) is 0 Å². The summed E-state index contributed by atoms with van der Waals surface area (Å²) in [4.78, 5) is 2.02. The Morgan fingerprint density at radius 1 is 1.11 bits per heavy atom. The first-order valence-corrected chi connectivity index (χ1v) is 5.92. The number of halogens is 1. The molecular formula is C14H15ClN2O. The zero-order valence-electron chi connectivity index (χ0n) is 10.4. The van der Waals surface area contributed by atoms with E-state index in [0.29, 0.717) is 10.8 Å². The fourth-order valence-corrected chi connectivity index (χ4v) is 2.00. The topological polar surface area (TPSA) is 38.5 Å². The monoisotopic (exact) mass is 262 g/mol. The molecule has 2 aromatic rings. The van der Waals surface area contributed by atoms with E-state index in [9.17, 15) is 0 Å². The van der Waals surface area contributed by atoms with Gasteiger partial charge >= 0.3 is 0 Å². The molecule has 2 rings (SSSR count). The molecule has 0 saturated carbocycles. The maximum absolute atomic E-state index is 6.12. The average molecular weight is 263 g/mol. The molecular weight excluding hydrogens is 248 g/mol. The van der Waals surface area contributed by atoms with Crippen LogP contribution in [0, 0.1) is 0 Å². The summed E-state index contributed by atoms with van der Waals surface area (Å²) in [5, 5.41) is 0.589. The lowest BCUT2D eigenvalue weighted by Crippen LogP contribution is -2.09. The van der Waals surface area contributed by atoms with Crippen molar-refractivity contribution in [3.8, 4) is 5.75 Å². The second-order valence-electron chi connectivity index (χ2n) is 3.97. The quantitative estimate of drug-likeness (QED) is 0.858. The van der Waals surface area contributed by atoms with Gasteiger partial charge in [-0.05, 0) is 36.4 Å². The van der Waals surface area contributed by atoms with Gasteiger partial charge in [0.15, 0.2) is 0 Å². The maximum Gasteiger partial charge on any atom is 0.137 e. The van der Waals surface area contributed by atoms with E-state index in [1.54, 1.807) is 7.11 Å². The summed E-state index contributed by atoms with van der Waals surface area (Å²) in [6, 6.07) is 13.4. The van der Waals surface area contributed by atoms with Gasteiger partial charge in [-0.1, -0.05) is 17.7 Å². The number of methoxy groups -OCH3 is 1. The van der Waals surface area contributed by atoms with E-state index in [2.05, 4.69) is 0 Å². The molecule has 0 fully saturated rings. The van der Waals surface area contributed by atoms with Crippen LogP contribution in [0.4, 0.5) is 17.1 Å². The van der Waals surface area contributed by atoms with Crippen molar-refractivity contribution in [1.29, 1.82) is 0 Å². The minimum Gasteiger partial charge on any atom is -0.495 e. The lowest BCUT2D eigenvalue weighted by Gasteiger charge is -2.20. The predicted octanol–water partition coefficient (Wildman–Crippen LogP) is 3.70. The second-order valence-corrected chi connectivity index (χ2v) is 4.38. The van der Waals surface area contributed by atoms with Crippen molar-refractivity contribution >= 4 is 28.7 Å². The molecule has 0 bridgehead atoms. The zero-order chi connectivity index (χ0) is 13.1. The Balaban J connectivity index is 2.34. The van der Waals surface area contributed by atoms with E-state index in [0.717, 1.165) is 17.1 Å². The van der Waals surface area contributed by atoms with Crippen LogP contribution in [0.15, 0.2) is 42.5 Å². The van der Waals surface area contributed by atoms with Crippen LogP contribution >= 0.6 is 11.6 Å². The van der Waals surface area contributed by atoms with Crippen molar-refractivity contribution in [3.63, 3.8) is 0 Å². The Hall–Kier alpha value is -1.87. The smallest absolute Gasteiger partial charge is 0.137 e. The van der Waals surface area contributed by atoms with E-state index < -0.39 is 0 Å². The molecule has 2 N–H and O–H groups in total. The van der Waals surface area contributed by atoms with Gasteiger partial charge in [0.1, 0.15) is 5.75 Å². The van der Waals surface area contributed by atoms with E-state index in [4.69, 9.17) is 22.1 Å². The number of nitrogens with zero attached hydrogens (tertiary/aromatic N) is 1. The van der Waals surface area contributed by atoms with Crippen molar-refractivity contribution < 1.29 is 4.74 Å². The van der Waals surface area contributed by atoms with Gasteiger partial charge in [0.05, 0.1) is 12.1 Å². The van der Waals surface area contributed by atoms with Crippen LogP contribution in [0.3, 0.4) is 0 Å². The Morgan fingerprint density at radius 2 is 1.83 bits per heavy atom. The molecule has 0 aliphatic carbocycles. The maximum atomic E-state index is 6.12. The first-order valence-electron chi connectivity index (χ1n) is 5.54. The predicted molar refractivity (Wildman–Crippen MR) is 76.9 cm³/mol.